The number of benzene rings is 2. The molecule has 4 rings (SSSR count). The van der Waals surface area contributed by atoms with Crippen LogP contribution in [0.25, 0.3) is 10.8 Å². The average Bonchev–Trinajstić information content (AvgIpc) is 3.39. The Morgan fingerprint density at radius 2 is 1.91 bits per heavy atom. The number of aromatic nitrogens is 2. The van der Waals surface area contributed by atoms with Crippen molar-refractivity contribution in [3.05, 3.63) is 75.3 Å². The Morgan fingerprint density at radius 3 is 2.61 bits per heavy atom. The van der Waals surface area contributed by atoms with Gasteiger partial charge in [0.1, 0.15) is 30.2 Å². The van der Waals surface area contributed by atoms with E-state index in [0.29, 0.717) is 11.6 Å². The van der Waals surface area contributed by atoms with Crippen molar-refractivity contribution in [1.29, 1.82) is 0 Å². The van der Waals surface area contributed by atoms with Crippen LogP contribution in [0.2, 0.25) is 0 Å². The van der Waals surface area contributed by atoms with Gasteiger partial charge in [-0.1, -0.05) is 63.1 Å². The smallest absolute Gasteiger partial charge is 0.459 e. The summed E-state index contributed by atoms with van der Waals surface area (Å²) in [4.78, 5) is 38.4. The number of halogens is 1. The number of nitrogens with one attached hydrogen (secondary N) is 2. The van der Waals surface area contributed by atoms with E-state index in [-0.39, 0.29) is 24.7 Å². The number of hydrogen-bond acceptors (Lipinski definition) is 10. The molecule has 0 spiro atoms. The Morgan fingerprint density at radius 1 is 1.20 bits per heavy atom. The maximum absolute atomic E-state index is 14.4. The van der Waals surface area contributed by atoms with E-state index in [4.69, 9.17) is 18.5 Å². The summed E-state index contributed by atoms with van der Waals surface area (Å²) in [5.74, 6) is -1.66. The first kappa shape index (κ1) is 33.5. The van der Waals surface area contributed by atoms with E-state index in [0.717, 1.165) is 22.8 Å². The zero-order chi connectivity index (χ0) is 32.0. The fourth-order valence-corrected chi connectivity index (χ4v) is 6.55. The van der Waals surface area contributed by atoms with Crippen molar-refractivity contribution >= 4 is 24.5 Å². The van der Waals surface area contributed by atoms with Crippen molar-refractivity contribution in [2.45, 2.75) is 70.6 Å². The van der Waals surface area contributed by atoms with Crippen LogP contribution in [0.3, 0.4) is 0 Å². The minimum Gasteiger partial charge on any atom is -0.464 e. The number of aromatic amines is 1. The Balaban J connectivity index is 1.60. The number of aliphatic hydroxyl groups excluding tert-OH is 2. The van der Waals surface area contributed by atoms with Crippen molar-refractivity contribution in [2.75, 3.05) is 13.2 Å². The maximum Gasteiger partial charge on any atom is 0.459 e. The number of aliphatic hydroxyl groups is 2. The first-order valence-electron chi connectivity index (χ1n) is 14.3. The summed E-state index contributed by atoms with van der Waals surface area (Å²) in [6.07, 6.45) is -3.54. The van der Waals surface area contributed by atoms with Gasteiger partial charge in [0, 0.05) is 11.8 Å². The second kappa shape index (κ2) is 14.6. The van der Waals surface area contributed by atoms with Gasteiger partial charge < -0.3 is 24.2 Å². The lowest BCUT2D eigenvalue weighted by Gasteiger charge is -2.30. The molecule has 15 heteroatoms. The van der Waals surface area contributed by atoms with Crippen LogP contribution in [-0.2, 0) is 23.4 Å². The summed E-state index contributed by atoms with van der Waals surface area (Å²) < 4.78 is 51.9. The molecule has 2 aromatic carbocycles. The molecule has 0 saturated carbocycles. The Bertz CT molecular complexity index is 1600. The van der Waals surface area contributed by atoms with Crippen molar-refractivity contribution in [1.82, 2.24) is 14.6 Å². The largest absolute Gasteiger partial charge is 0.464 e. The summed E-state index contributed by atoms with van der Waals surface area (Å²) in [6.45, 7) is 4.71. The highest BCUT2D eigenvalue weighted by atomic mass is 31.2. The number of carbonyl (C=O) groups excluding carboxylic acids is 1. The first-order chi connectivity index (χ1) is 21.0. The molecule has 1 aliphatic rings. The fourth-order valence-electron chi connectivity index (χ4n) is 4.86. The van der Waals surface area contributed by atoms with Crippen LogP contribution in [0.15, 0.2) is 58.3 Å². The van der Waals surface area contributed by atoms with Crippen molar-refractivity contribution in [3.8, 4) is 5.75 Å². The third-order valence-corrected chi connectivity index (χ3v) is 9.17. The molecular weight excluding hydrogens is 600 g/mol. The van der Waals surface area contributed by atoms with Crippen molar-refractivity contribution in [2.24, 2.45) is 5.92 Å². The minimum absolute atomic E-state index is 0.147. The summed E-state index contributed by atoms with van der Waals surface area (Å²) in [5, 5.41) is 25.0. The molecule has 2 heterocycles. The lowest BCUT2D eigenvalue weighted by molar-refractivity contribution is -0.146. The highest BCUT2D eigenvalue weighted by molar-refractivity contribution is 7.52. The normalized spacial score (nSPS) is 21.2. The van der Waals surface area contributed by atoms with Crippen LogP contribution in [0.1, 0.15) is 46.3 Å². The quantitative estimate of drug-likeness (QED) is 0.151. The maximum atomic E-state index is 14.4. The van der Waals surface area contributed by atoms with E-state index < -0.39 is 68.0 Å². The number of hydrogen-bond donors (Lipinski definition) is 4. The SMILES string of the molecule is CCC(CC)COC(=O)[C@H](C)N[P@@](=O)(Oc1cccc2ccccc12)O[C@H](CO)[C@H]1O[C@@H](n2cc(F)c(=O)[nH]c2=O)CC1O. The van der Waals surface area contributed by atoms with Gasteiger partial charge in [-0.05, 0) is 24.3 Å². The first-order valence-corrected chi connectivity index (χ1v) is 15.9. The van der Waals surface area contributed by atoms with Gasteiger partial charge in [-0.3, -0.25) is 23.7 Å². The minimum atomic E-state index is -4.56. The lowest BCUT2D eigenvalue weighted by atomic mass is 10.1. The molecular formula is C29H37FN3O10P. The van der Waals surface area contributed by atoms with Gasteiger partial charge >= 0.3 is 19.4 Å². The summed E-state index contributed by atoms with van der Waals surface area (Å²) in [5.41, 5.74) is -2.20. The number of fused-ring (bicyclic) bond motifs is 1. The Labute approximate surface area is 252 Å². The standard InChI is InChI=1S/C29H37FN3O10P/c1-4-18(5-2)16-40-28(37)17(3)32-44(39,42-23-12-8-10-19-9-6-7-11-20(19)23)43-24(15-34)26-22(35)13-25(41-26)33-14-21(30)27(36)31-29(33)38/h6-12,14,17-18,22,24-26,34-35H,4-5,13,15-16H2,1-3H3,(H,32,39)(H,31,36,38)/t17-,22?,24+,25+,26-,44+/m0/s1. The number of carbonyl (C=O) groups is 1. The van der Waals surface area contributed by atoms with Crippen LogP contribution >= 0.6 is 7.75 Å². The molecule has 0 bridgehead atoms. The van der Waals surface area contributed by atoms with Crippen LogP contribution in [0.5, 0.6) is 5.75 Å². The molecule has 6 atom stereocenters. The Hall–Kier alpha value is -3.39. The molecule has 0 amide bonds. The van der Waals surface area contributed by atoms with Gasteiger partial charge in [-0.2, -0.15) is 9.48 Å². The lowest BCUT2D eigenvalue weighted by Crippen LogP contribution is -2.42. The number of rotatable bonds is 14. The van der Waals surface area contributed by atoms with Gasteiger partial charge in [0.25, 0.3) is 5.56 Å². The molecule has 4 N–H and O–H groups in total. The molecule has 1 saturated heterocycles. The molecule has 0 radical (unpaired) electrons. The van der Waals surface area contributed by atoms with Crippen LogP contribution < -0.4 is 20.9 Å². The highest BCUT2D eigenvalue weighted by Crippen LogP contribution is 2.49. The zero-order valence-electron chi connectivity index (χ0n) is 24.6. The Kier molecular flexibility index (Phi) is 11.1. The van der Waals surface area contributed by atoms with Gasteiger partial charge in [0.05, 0.1) is 25.5 Å². The average molecular weight is 638 g/mol. The number of nitrogens with zero attached hydrogens (tertiary/aromatic N) is 1. The van der Waals surface area contributed by atoms with Crippen molar-refractivity contribution < 1.29 is 42.5 Å². The van der Waals surface area contributed by atoms with Gasteiger partial charge in [-0.25, -0.2) is 9.36 Å². The van der Waals surface area contributed by atoms with Crippen molar-refractivity contribution in [3.63, 3.8) is 0 Å². The molecule has 1 aromatic heterocycles. The highest BCUT2D eigenvalue weighted by Gasteiger charge is 2.45. The fraction of sp³-hybridized carbons (Fsp3) is 0.483. The van der Waals surface area contributed by atoms with Gasteiger partial charge in [-0.15, -0.1) is 0 Å². The topological polar surface area (TPSA) is 178 Å². The van der Waals surface area contributed by atoms with Crippen LogP contribution in [0.4, 0.5) is 4.39 Å². The molecule has 44 heavy (non-hydrogen) atoms. The molecule has 3 aromatic rings. The van der Waals surface area contributed by atoms with Gasteiger partial charge in [0.2, 0.25) is 5.82 Å². The van der Waals surface area contributed by atoms with E-state index in [2.05, 4.69) is 5.09 Å². The third-order valence-electron chi connectivity index (χ3n) is 7.48. The number of H-pyrrole nitrogens is 1. The summed E-state index contributed by atoms with van der Waals surface area (Å²) in [6, 6.07) is 11.0. The van der Waals surface area contributed by atoms with E-state index in [9.17, 15) is 33.6 Å². The monoisotopic (exact) mass is 637 g/mol. The summed E-state index contributed by atoms with van der Waals surface area (Å²) >= 11 is 0. The van der Waals surface area contributed by atoms with Crippen LogP contribution in [-0.4, -0.2) is 63.3 Å². The van der Waals surface area contributed by atoms with Crippen LogP contribution in [0, 0.1) is 11.7 Å². The summed E-state index contributed by atoms with van der Waals surface area (Å²) in [7, 11) is -4.56. The zero-order valence-corrected chi connectivity index (χ0v) is 25.4. The van der Waals surface area contributed by atoms with E-state index in [1.807, 2.05) is 37.0 Å². The molecule has 0 aliphatic carbocycles. The predicted octanol–water partition coefficient (Wildman–Crippen LogP) is 3.00. The number of esters is 1. The van der Waals surface area contributed by atoms with Gasteiger partial charge in [0.15, 0.2) is 0 Å². The second-order valence-corrected chi connectivity index (χ2v) is 12.2. The molecule has 1 fully saturated rings. The third kappa shape index (κ3) is 7.81. The molecule has 1 aliphatic heterocycles. The van der Waals surface area contributed by atoms with E-state index in [1.165, 1.54) is 6.92 Å². The predicted molar refractivity (Wildman–Crippen MR) is 158 cm³/mol. The molecule has 13 nitrogen and oxygen atoms in total. The molecule has 240 valence electrons. The van der Waals surface area contributed by atoms with E-state index >= 15 is 0 Å². The van der Waals surface area contributed by atoms with E-state index in [1.54, 1.807) is 24.3 Å². The molecule has 1 unspecified atom stereocenters. The second-order valence-electron chi connectivity index (χ2n) is 10.6. The number of ether oxygens (including phenoxy) is 2.